The third-order valence-electron chi connectivity index (χ3n) is 3.92. The molecular weight excluding hydrogens is 246 g/mol. The Hall–Kier alpha value is -0.870. The number of benzene rings is 1. The summed E-state index contributed by atoms with van der Waals surface area (Å²) in [5, 5.41) is 3.01. The summed E-state index contributed by atoms with van der Waals surface area (Å²) in [5.74, 6) is 0.181. The molecule has 0 bridgehead atoms. The van der Waals surface area contributed by atoms with Gasteiger partial charge in [-0.3, -0.25) is 0 Å². The Morgan fingerprint density at radius 3 is 2.61 bits per heavy atom. The fourth-order valence-corrected chi connectivity index (χ4v) is 4.65. The molecule has 0 spiro atoms. The molecule has 1 aromatic carbocycles. The summed E-state index contributed by atoms with van der Waals surface area (Å²) in [6.07, 6.45) is 2.51. The van der Waals surface area contributed by atoms with Crippen LogP contribution in [0.2, 0.25) is 0 Å². The maximum atomic E-state index is 12.4. The lowest BCUT2D eigenvalue weighted by Gasteiger charge is -2.13. The summed E-state index contributed by atoms with van der Waals surface area (Å²) >= 11 is 0. The SMILES string of the molecule is CNC1CCC(S(=O)(=O)Cc2ccccc2C)C1. The summed E-state index contributed by atoms with van der Waals surface area (Å²) in [6.45, 7) is 1.97. The second-order valence-electron chi connectivity index (χ2n) is 5.15. The number of hydrogen-bond donors (Lipinski definition) is 1. The lowest BCUT2D eigenvalue weighted by molar-refractivity contribution is 0.563. The Labute approximate surface area is 110 Å². The van der Waals surface area contributed by atoms with Gasteiger partial charge in [-0.1, -0.05) is 24.3 Å². The van der Waals surface area contributed by atoms with Crippen LogP contribution in [0.1, 0.15) is 30.4 Å². The minimum atomic E-state index is -3.02. The second-order valence-corrected chi connectivity index (χ2v) is 7.44. The second kappa shape index (κ2) is 5.41. The molecule has 100 valence electrons. The number of aryl methyl sites for hydroxylation is 1. The van der Waals surface area contributed by atoms with Gasteiger partial charge in [0.15, 0.2) is 9.84 Å². The van der Waals surface area contributed by atoms with Gasteiger partial charge < -0.3 is 5.32 Å². The van der Waals surface area contributed by atoms with Crippen molar-refractivity contribution in [3.63, 3.8) is 0 Å². The monoisotopic (exact) mass is 267 g/mol. The van der Waals surface area contributed by atoms with Gasteiger partial charge >= 0.3 is 0 Å². The number of hydrogen-bond acceptors (Lipinski definition) is 3. The number of rotatable bonds is 4. The average Bonchev–Trinajstić information content (AvgIpc) is 2.81. The van der Waals surface area contributed by atoms with Crippen LogP contribution in [0, 0.1) is 6.92 Å². The molecule has 4 heteroatoms. The van der Waals surface area contributed by atoms with Crippen molar-refractivity contribution in [3.8, 4) is 0 Å². The molecular formula is C14H21NO2S. The van der Waals surface area contributed by atoms with E-state index in [9.17, 15) is 8.42 Å². The first-order valence-electron chi connectivity index (χ1n) is 6.46. The minimum Gasteiger partial charge on any atom is -0.317 e. The smallest absolute Gasteiger partial charge is 0.157 e. The first-order chi connectivity index (χ1) is 8.53. The molecule has 1 fully saturated rings. The van der Waals surface area contributed by atoms with Crippen LogP contribution < -0.4 is 5.32 Å². The predicted octanol–water partition coefficient (Wildman–Crippen LogP) is 2.05. The lowest BCUT2D eigenvalue weighted by atomic mass is 10.1. The van der Waals surface area contributed by atoms with Crippen molar-refractivity contribution < 1.29 is 8.42 Å². The summed E-state index contributed by atoms with van der Waals surface area (Å²) < 4.78 is 24.8. The first-order valence-corrected chi connectivity index (χ1v) is 8.18. The molecule has 2 atom stereocenters. The standard InChI is InChI=1S/C14H21NO2S/c1-11-5-3-4-6-12(11)10-18(16,17)14-8-7-13(9-14)15-2/h3-6,13-15H,7-10H2,1-2H3. The molecule has 1 saturated carbocycles. The van der Waals surface area contributed by atoms with Crippen LogP contribution in [0.5, 0.6) is 0 Å². The van der Waals surface area contributed by atoms with Crippen molar-refractivity contribution in [3.05, 3.63) is 35.4 Å². The molecule has 0 aliphatic heterocycles. The third kappa shape index (κ3) is 2.93. The Kier molecular flexibility index (Phi) is 4.07. The molecule has 3 nitrogen and oxygen atoms in total. The quantitative estimate of drug-likeness (QED) is 0.908. The summed E-state index contributed by atoms with van der Waals surface area (Å²) in [4.78, 5) is 0. The Balaban J connectivity index is 2.11. The van der Waals surface area contributed by atoms with E-state index in [4.69, 9.17) is 0 Å². The van der Waals surface area contributed by atoms with Crippen LogP contribution in [-0.4, -0.2) is 26.8 Å². The molecule has 1 aliphatic rings. The molecule has 0 heterocycles. The van der Waals surface area contributed by atoms with E-state index in [1.807, 2.05) is 38.2 Å². The lowest BCUT2D eigenvalue weighted by Crippen LogP contribution is -2.26. The van der Waals surface area contributed by atoms with E-state index in [1.165, 1.54) is 0 Å². The fourth-order valence-electron chi connectivity index (χ4n) is 2.64. The normalized spacial score (nSPS) is 24.3. The maximum absolute atomic E-state index is 12.4. The topological polar surface area (TPSA) is 46.2 Å². The average molecular weight is 267 g/mol. The van der Waals surface area contributed by atoms with Crippen LogP contribution in [-0.2, 0) is 15.6 Å². The highest BCUT2D eigenvalue weighted by Gasteiger charge is 2.33. The van der Waals surface area contributed by atoms with Gasteiger partial charge in [-0.15, -0.1) is 0 Å². The van der Waals surface area contributed by atoms with E-state index in [2.05, 4.69) is 5.32 Å². The van der Waals surface area contributed by atoms with Crippen LogP contribution >= 0.6 is 0 Å². The van der Waals surface area contributed by atoms with Crippen molar-refractivity contribution in [1.82, 2.24) is 5.32 Å². The van der Waals surface area contributed by atoms with Crippen molar-refractivity contribution >= 4 is 9.84 Å². The highest BCUT2D eigenvalue weighted by Crippen LogP contribution is 2.28. The molecule has 0 aromatic heterocycles. The Morgan fingerprint density at radius 2 is 2.00 bits per heavy atom. The van der Waals surface area contributed by atoms with Gasteiger partial charge in [0.2, 0.25) is 0 Å². The molecule has 1 aliphatic carbocycles. The zero-order valence-electron chi connectivity index (χ0n) is 11.0. The van der Waals surface area contributed by atoms with E-state index in [0.717, 1.165) is 30.4 Å². The van der Waals surface area contributed by atoms with Crippen molar-refractivity contribution in [2.75, 3.05) is 7.05 Å². The molecule has 0 radical (unpaired) electrons. The third-order valence-corrected chi connectivity index (χ3v) is 6.08. The first kappa shape index (κ1) is 13.6. The summed E-state index contributed by atoms with van der Waals surface area (Å²) in [5.41, 5.74) is 2.00. The van der Waals surface area contributed by atoms with Gasteiger partial charge in [0.25, 0.3) is 0 Å². The number of nitrogens with one attached hydrogen (secondary N) is 1. The van der Waals surface area contributed by atoms with Crippen LogP contribution in [0.3, 0.4) is 0 Å². The Morgan fingerprint density at radius 1 is 1.28 bits per heavy atom. The molecule has 0 saturated heterocycles. The fraction of sp³-hybridized carbons (Fsp3) is 0.571. The van der Waals surface area contributed by atoms with Gasteiger partial charge in [0.05, 0.1) is 11.0 Å². The zero-order chi connectivity index (χ0) is 13.2. The van der Waals surface area contributed by atoms with Gasteiger partial charge in [0.1, 0.15) is 0 Å². The van der Waals surface area contributed by atoms with Crippen molar-refractivity contribution in [1.29, 1.82) is 0 Å². The predicted molar refractivity (Wildman–Crippen MR) is 74.3 cm³/mol. The van der Waals surface area contributed by atoms with Crippen molar-refractivity contribution in [2.45, 2.75) is 43.2 Å². The van der Waals surface area contributed by atoms with Gasteiger partial charge in [-0.25, -0.2) is 8.42 Å². The van der Waals surface area contributed by atoms with Gasteiger partial charge in [-0.05, 0) is 44.4 Å². The van der Waals surface area contributed by atoms with E-state index < -0.39 is 9.84 Å². The highest BCUT2D eigenvalue weighted by atomic mass is 32.2. The number of sulfone groups is 1. The summed E-state index contributed by atoms with van der Waals surface area (Å²) in [7, 11) is -1.11. The molecule has 0 amide bonds. The van der Waals surface area contributed by atoms with Crippen molar-refractivity contribution in [2.24, 2.45) is 0 Å². The van der Waals surface area contributed by atoms with Crippen LogP contribution in [0.15, 0.2) is 24.3 Å². The van der Waals surface area contributed by atoms with Crippen LogP contribution in [0.4, 0.5) is 0 Å². The Bertz CT molecular complexity index is 510. The zero-order valence-corrected chi connectivity index (χ0v) is 11.8. The van der Waals surface area contributed by atoms with Crippen LogP contribution in [0.25, 0.3) is 0 Å². The van der Waals surface area contributed by atoms with E-state index >= 15 is 0 Å². The van der Waals surface area contributed by atoms with Gasteiger partial charge in [-0.2, -0.15) is 0 Å². The molecule has 2 rings (SSSR count). The molecule has 18 heavy (non-hydrogen) atoms. The molecule has 1 N–H and O–H groups in total. The van der Waals surface area contributed by atoms with Gasteiger partial charge in [0, 0.05) is 6.04 Å². The maximum Gasteiger partial charge on any atom is 0.157 e. The summed E-state index contributed by atoms with van der Waals surface area (Å²) in [6, 6.07) is 8.09. The minimum absolute atomic E-state index is 0.172. The highest BCUT2D eigenvalue weighted by molar-refractivity contribution is 7.91. The van der Waals surface area contributed by atoms with E-state index in [-0.39, 0.29) is 11.0 Å². The molecule has 1 aromatic rings. The van der Waals surface area contributed by atoms with E-state index in [1.54, 1.807) is 0 Å². The van der Waals surface area contributed by atoms with E-state index in [0.29, 0.717) is 6.04 Å². The largest absolute Gasteiger partial charge is 0.317 e. The molecule has 2 unspecified atom stereocenters.